The van der Waals surface area contributed by atoms with Gasteiger partial charge in [-0.15, -0.1) is 0 Å². The number of hydrogen-bond acceptors (Lipinski definition) is 4. The van der Waals surface area contributed by atoms with Crippen molar-refractivity contribution in [3.63, 3.8) is 0 Å². The monoisotopic (exact) mass is 264 g/mol. The highest BCUT2D eigenvalue weighted by Gasteiger charge is 2.16. The van der Waals surface area contributed by atoms with Crippen LogP contribution in [-0.2, 0) is 4.74 Å². The van der Waals surface area contributed by atoms with Gasteiger partial charge in [0.25, 0.3) is 5.69 Å². The maximum absolute atomic E-state index is 10.9. The van der Waals surface area contributed by atoms with Gasteiger partial charge in [0.2, 0.25) is 0 Å². The van der Waals surface area contributed by atoms with E-state index in [1.807, 2.05) is 6.92 Å². The lowest BCUT2D eigenvalue weighted by Gasteiger charge is -2.12. The second-order valence-electron chi connectivity index (χ2n) is 4.98. The molecule has 19 heavy (non-hydrogen) atoms. The fourth-order valence-electron chi connectivity index (χ4n) is 2.42. The molecule has 0 amide bonds. The van der Waals surface area contributed by atoms with Gasteiger partial charge in [0.15, 0.2) is 0 Å². The van der Waals surface area contributed by atoms with E-state index in [-0.39, 0.29) is 10.6 Å². The molecule has 1 aliphatic rings. The van der Waals surface area contributed by atoms with E-state index in [4.69, 9.17) is 4.74 Å². The molecular weight excluding hydrogens is 244 g/mol. The van der Waals surface area contributed by atoms with Gasteiger partial charge in [-0.2, -0.15) is 0 Å². The van der Waals surface area contributed by atoms with E-state index < -0.39 is 0 Å². The Kier molecular flexibility index (Phi) is 4.74. The number of aryl methyl sites for hydroxylation is 1. The molecule has 0 radical (unpaired) electrons. The topological polar surface area (TPSA) is 64.4 Å². The zero-order valence-electron chi connectivity index (χ0n) is 11.2. The Labute approximate surface area is 113 Å². The molecule has 0 saturated heterocycles. The van der Waals surface area contributed by atoms with Crippen molar-refractivity contribution in [2.75, 3.05) is 18.5 Å². The minimum absolute atomic E-state index is 0.117. The maximum atomic E-state index is 10.9. The quantitative estimate of drug-likeness (QED) is 0.486. The number of anilines is 1. The first-order valence-electron chi connectivity index (χ1n) is 6.77. The van der Waals surface area contributed by atoms with E-state index in [1.165, 1.54) is 18.9 Å². The van der Waals surface area contributed by atoms with Gasteiger partial charge < -0.3 is 10.1 Å². The van der Waals surface area contributed by atoms with Crippen LogP contribution in [0.2, 0.25) is 0 Å². The van der Waals surface area contributed by atoms with Crippen molar-refractivity contribution in [2.45, 2.75) is 38.7 Å². The van der Waals surface area contributed by atoms with Gasteiger partial charge in [0, 0.05) is 12.6 Å². The molecule has 1 fully saturated rings. The van der Waals surface area contributed by atoms with E-state index >= 15 is 0 Å². The largest absolute Gasteiger partial charge is 0.377 e. The van der Waals surface area contributed by atoms with Crippen LogP contribution < -0.4 is 5.32 Å². The van der Waals surface area contributed by atoms with Gasteiger partial charge in [0.05, 0.1) is 17.6 Å². The Morgan fingerprint density at radius 1 is 1.42 bits per heavy atom. The number of rotatable bonds is 6. The molecule has 104 valence electrons. The van der Waals surface area contributed by atoms with Crippen molar-refractivity contribution < 1.29 is 9.66 Å². The summed E-state index contributed by atoms with van der Waals surface area (Å²) in [7, 11) is 0. The van der Waals surface area contributed by atoms with Crippen LogP contribution in [0, 0.1) is 17.0 Å². The molecule has 0 unspecified atom stereocenters. The average Bonchev–Trinajstić information content (AvgIpc) is 2.87. The summed E-state index contributed by atoms with van der Waals surface area (Å²) in [4.78, 5) is 10.5. The smallest absolute Gasteiger partial charge is 0.292 e. The van der Waals surface area contributed by atoms with Crippen LogP contribution in [-0.4, -0.2) is 24.2 Å². The molecular formula is C14H20N2O3. The molecule has 0 aliphatic heterocycles. The molecule has 1 aliphatic carbocycles. The predicted octanol–water partition coefficient (Wildman–Crippen LogP) is 3.27. The number of nitro groups is 1. The molecule has 5 nitrogen and oxygen atoms in total. The van der Waals surface area contributed by atoms with Gasteiger partial charge in [-0.1, -0.05) is 18.9 Å². The SMILES string of the molecule is Cc1ccc([N+](=O)[O-])c(NCCOC2CCCC2)c1. The number of nitrogens with zero attached hydrogens (tertiary/aromatic N) is 1. The Morgan fingerprint density at radius 3 is 2.84 bits per heavy atom. The minimum atomic E-state index is -0.362. The second-order valence-corrected chi connectivity index (χ2v) is 4.98. The van der Waals surface area contributed by atoms with E-state index in [0.717, 1.165) is 18.4 Å². The fraction of sp³-hybridized carbons (Fsp3) is 0.571. The molecule has 5 heteroatoms. The lowest BCUT2D eigenvalue weighted by atomic mass is 10.2. The number of hydrogen-bond donors (Lipinski definition) is 1. The Bertz CT molecular complexity index is 442. The van der Waals surface area contributed by atoms with Crippen molar-refractivity contribution >= 4 is 11.4 Å². The summed E-state index contributed by atoms with van der Waals surface area (Å²) in [6.45, 7) is 3.11. The molecule has 0 aromatic heterocycles. The van der Waals surface area contributed by atoms with Crippen molar-refractivity contribution in [2.24, 2.45) is 0 Å². The Morgan fingerprint density at radius 2 is 2.16 bits per heavy atom. The molecule has 1 N–H and O–H groups in total. The third-order valence-electron chi connectivity index (χ3n) is 3.42. The van der Waals surface area contributed by atoms with Crippen LogP contribution in [0.1, 0.15) is 31.2 Å². The first-order chi connectivity index (χ1) is 9.16. The van der Waals surface area contributed by atoms with Gasteiger partial charge in [-0.25, -0.2) is 0 Å². The van der Waals surface area contributed by atoms with E-state index in [2.05, 4.69) is 5.32 Å². The van der Waals surface area contributed by atoms with Crippen LogP contribution in [0.25, 0.3) is 0 Å². The lowest BCUT2D eigenvalue weighted by molar-refractivity contribution is -0.384. The maximum Gasteiger partial charge on any atom is 0.292 e. The summed E-state index contributed by atoms with van der Waals surface area (Å²) in [5.41, 5.74) is 1.69. The standard InChI is InChI=1S/C14H20N2O3/c1-11-6-7-14(16(17)18)13(10-11)15-8-9-19-12-4-2-3-5-12/h6-7,10,12,15H,2-5,8-9H2,1H3. The highest BCUT2D eigenvalue weighted by Crippen LogP contribution is 2.25. The average molecular weight is 264 g/mol. The van der Waals surface area contributed by atoms with Crippen molar-refractivity contribution in [3.05, 3.63) is 33.9 Å². The van der Waals surface area contributed by atoms with Crippen LogP contribution in [0.5, 0.6) is 0 Å². The molecule has 1 aromatic rings. The molecule has 0 atom stereocenters. The summed E-state index contributed by atoms with van der Waals surface area (Å²) >= 11 is 0. The van der Waals surface area contributed by atoms with Crippen LogP contribution in [0.15, 0.2) is 18.2 Å². The first kappa shape index (κ1) is 13.8. The van der Waals surface area contributed by atoms with Crippen molar-refractivity contribution in [1.82, 2.24) is 0 Å². The predicted molar refractivity (Wildman–Crippen MR) is 74.5 cm³/mol. The molecule has 1 aromatic carbocycles. The Balaban J connectivity index is 1.84. The zero-order valence-corrected chi connectivity index (χ0v) is 11.2. The minimum Gasteiger partial charge on any atom is -0.377 e. The van der Waals surface area contributed by atoms with Gasteiger partial charge in [-0.3, -0.25) is 10.1 Å². The van der Waals surface area contributed by atoms with Crippen molar-refractivity contribution in [3.8, 4) is 0 Å². The van der Waals surface area contributed by atoms with Gasteiger partial charge in [-0.05, 0) is 31.4 Å². The molecule has 1 saturated carbocycles. The van der Waals surface area contributed by atoms with Crippen LogP contribution in [0.4, 0.5) is 11.4 Å². The van der Waals surface area contributed by atoms with Gasteiger partial charge in [0.1, 0.15) is 5.69 Å². The molecule has 0 bridgehead atoms. The number of nitrogens with one attached hydrogen (secondary N) is 1. The summed E-state index contributed by atoms with van der Waals surface area (Å²) in [6, 6.07) is 5.08. The summed E-state index contributed by atoms with van der Waals surface area (Å²) in [5.74, 6) is 0. The highest BCUT2D eigenvalue weighted by atomic mass is 16.6. The zero-order chi connectivity index (χ0) is 13.7. The Hall–Kier alpha value is -1.62. The van der Waals surface area contributed by atoms with Crippen LogP contribution in [0.3, 0.4) is 0 Å². The third-order valence-corrected chi connectivity index (χ3v) is 3.42. The summed E-state index contributed by atoms with van der Waals surface area (Å²) in [5, 5.41) is 14.0. The summed E-state index contributed by atoms with van der Waals surface area (Å²) in [6.07, 6.45) is 5.17. The fourth-order valence-corrected chi connectivity index (χ4v) is 2.42. The first-order valence-corrected chi connectivity index (χ1v) is 6.77. The molecule has 0 spiro atoms. The van der Waals surface area contributed by atoms with Crippen LogP contribution >= 0.6 is 0 Å². The number of nitro benzene ring substituents is 1. The normalized spacial score (nSPS) is 15.6. The highest BCUT2D eigenvalue weighted by molar-refractivity contribution is 5.62. The lowest BCUT2D eigenvalue weighted by Crippen LogP contribution is -2.15. The molecule has 0 heterocycles. The van der Waals surface area contributed by atoms with E-state index in [1.54, 1.807) is 12.1 Å². The van der Waals surface area contributed by atoms with Gasteiger partial charge >= 0.3 is 0 Å². The molecule has 2 rings (SSSR count). The number of ether oxygens (including phenoxy) is 1. The third kappa shape index (κ3) is 3.92. The van der Waals surface area contributed by atoms with E-state index in [9.17, 15) is 10.1 Å². The van der Waals surface area contributed by atoms with E-state index in [0.29, 0.717) is 24.9 Å². The van der Waals surface area contributed by atoms with Crippen molar-refractivity contribution in [1.29, 1.82) is 0 Å². The number of benzene rings is 1. The summed E-state index contributed by atoms with van der Waals surface area (Å²) < 4.78 is 5.72. The second kappa shape index (κ2) is 6.52.